The SMILES string of the molecule is CCNS(=O)(=O)c1ccc(NC(=O)CCNC(=O)c2ccccc2)cc1. The van der Waals surface area contributed by atoms with Crippen LogP contribution in [-0.2, 0) is 14.8 Å². The van der Waals surface area contributed by atoms with Gasteiger partial charge in [0.2, 0.25) is 15.9 Å². The number of carbonyl (C=O) groups excluding carboxylic acids is 2. The van der Waals surface area contributed by atoms with Crippen LogP contribution in [0.3, 0.4) is 0 Å². The molecule has 0 aliphatic carbocycles. The molecule has 0 spiro atoms. The Balaban J connectivity index is 1.82. The van der Waals surface area contributed by atoms with Crippen LogP contribution in [0.1, 0.15) is 23.7 Å². The molecule has 0 aliphatic heterocycles. The van der Waals surface area contributed by atoms with Gasteiger partial charge in [-0.2, -0.15) is 0 Å². The highest BCUT2D eigenvalue weighted by Crippen LogP contribution is 2.14. The number of anilines is 1. The van der Waals surface area contributed by atoms with Gasteiger partial charge < -0.3 is 10.6 Å². The van der Waals surface area contributed by atoms with Crippen molar-refractivity contribution in [3.05, 3.63) is 60.2 Å². The normalized spacial score (nSPS) is 11.0. The minimum Gasteiger partial charge on any atom is -0.352 e. The first-order valence-corrected chi connectivity index (χ1v) is 9.63. The maximum absolute atomic E-state index is 11.9. The van der Waals surface area contributed by atoms with E-state index in [1.54, 1.807) is 31.2 Å². The summed E-state index contributed by atoms with van der Waals surface area (Å²) in [5.74, 6) is -0.517. The lowest BCUT2D eigenvalue weighted by Gasteiger charge is -2.08. The van der Waals surface area contributed by atoms with Gasteiger partial charge in [0.15, 0.2) is 0 Å². The summed E-state index contributed by atoms with van der Waals surface area (Å²) in [5, 5.41) is 5.33. The molecule has 2 amide bonds. The molecular weight excluding hydrogens is 354 g/mol. The molecule has 138 valence electrons. The smallest absolute Gasteiger partial charge is 0.251 e. The second kappa shape index (κ2) is 9.12. The number of hydrogen-bond donors (Lipinski definition) is 3. The molecule has 0 atom stereocenters. The van der Waals surface area contributed by atoms with Crippen molar-refractivity contribution in [3.8, 4) is 0 Å². The van der Waals surface area contributed by atoms with E-state index in [1.165, 1.54) is 24.3 Å². The molecule has 0 aliphatic rings. The lowest BCUT2D eigenvalue weighted by Crippen LogP contribution is -2.27. The molecule has 2 rings (SSSR count). The quantitative estimate of drug-likeness (QED) is 0.654. The van der Waals surface area contributed by atoms with Crippen LogP contribution in [0.25, 0.3) is 0 Å². The summed E-state index contributed by atoms with van der Waals surface area (Å²) in [6, 6.07) is 14.6. The molecule has 0 fully saturated rings. The average Bonchev–Trinajstić information content (AvgIpc) is 2.63. The first-order chi connectivity index (χ1) is 12.4. The van der Waals surface area contributed by atoms with Crippen molar-refractivity contribution in [2.75, 3.05) is 18.4 Å². The van der Waals surface area contributed by atoms with E-state index >= 15 is 0 Å². The standard InChI is InChI=1S/C18H21N3O4S/c1-2-20-26(24,25)16-10-8-15(9-11-16)21-17(22)12-13-19-18(23)14-6-4-3-5-7-14/h3-11,20H,2,12-13H2,1H3,(H,19,23)(H,21,22). The fourth-order valence-electron chi connectivity index (χ4n) is 2.20. The van der Waals surface area contributed by atoms with E-state index in [-0.39, 0.29) is 29.7 Å². The van der Waals surface area contributed by atoms with Crippen LogP contribution in [0.5, 0.6) is 0 Å². The van der Waals surface area contributed by atoms with E-state index < -0.39 is 10.0 Å². The van der Waals surface area contributed by atoms with E-state index in [0.717, 1.165) is 0 Å². The molecule has 2 aromatic carbocycles. The largest absolute Gasteiger partial charge is 0.352 e. The van der Waals surface area contributed by atoms with Crippen molar-refractivity contribution in [1.82, 2.24) is 10.0 Å². The number of nitrogens with one attached hydrogen (secondary N) is 3. The van der Waals surface area contributed by atoms with Gasteiger partial charge in [-0.25, -0.2) is 13.1 Å². The van der Waals surface area contributed by atoms with Gasteiger partial charge in [-0.15, -0.1) is 0 Å². The minimum atomic E-state index is -3.52. The number of benzene rings is 2. The number of carbonyl (C=O) groups is 2. The first-order valence-electron chi connectivity index (χ1n) is 8.15. The lowest BCUT2D eigenvalue weighted by molar-refractivity contribution is -0.116. The number of rotatable bonds is 8. The molecule has 3 N–H and O–H groups in total. The van der Waals surface area contributed by atoms with Crippen molar-refractivity contribution < 1.29 is 18.0 Å². The van der Waals surface area contributed by atoms with Crippen molar-refractivity contribution in [3.63, 3.8) is 0 Å². The molecule has 0 radical (unpaired) electrons. The highest BCUT2D eigenvalue weighted by molar-refractivity contribution is 7.89. The molecule has 0 unspecified atom stereocenters. The molecule has 0 aromatic heterocycles. The maximum atomic E-state index is 11.9. The third-order valence-electron chi connectivity index (χ3n) is 3.46. The molecule has 0 saturated heterocycles. The molecule has 2 aromatic rings. The van der Waals surface area contributed by atoms with E-state index in [1.807, 2.05) is 6.07 Å². The summed E-state index contributed by atoms with van der Waals surface area (Å²) >= 11 is 0. The van der Waals surface area contributed by atoms with E-state index in [0.29, 0.717) is 17.8 Å². The molecule has 0 bridgehead atoms. The predicted molar refractivity (Wildman–Crippen MR) is 99.3 cm³/mol. The van der Waals surface area contributed by atoms with Gasteiger partial charge in [-0.05, 0) is 36.4 Å². The third kappa shape index (κ3) is 5.68. The zero-order chi connectivity index (χ0) is 19.0. The van der Waals surface area contributed by atoms with E-state index in [4.69, 9.17) is 0 Å². The van der Waals surface area contributed by atoms with Gasteiger partial charge in [0.1, 0.15) is 0 Å². The van der Waals surface area contributed by atoms with Crippen molar-refractivity contribution in [2.45, 2.75) is 18.2 Å². The Labute approximate surface area is 152 Å². The number of sulfonamides is 1. The Bertz CT molecular complexity index is 850. The highest BCUT2D eigenvalue weighted by atomic mass is 32.2. The average molecular weight is 375 g/mol. The molecule has 0 heterocycles. The van der Waals surface area contributed by atoms with Gasteiger partial charge in [0.05, 0.1) is 4.90 Å². The van der Waals surface area contributed by atoms with Crippen molar-refractivity contribution in [1.29, 1.82) is 0 Å². The summed E-state index contributed by atoms with van der Waals surface area (Å²) in [5.41, 5.74) is 1.02. The number of amides is 2. The lowest BCUT2D eigenvalue weighted by atomic mass is 10.2. The fourth-order valence-corrected chi connectivity index (χ4v) is 3.24. The summed E-state index contributed by atoms with van der Waals surface area (Å²) in [6.45, 7) is 2.20. The number of hydrogen-bond acceptors (Lipinski definition) is 4. The Kier molecular flexibility index (Phi) is 6.88. The van der Waals surface area contributed by atoms with Crippen LogP contribution >= 0.6 is 0 Å². The second-order valence-corrected chi connectivity index (χ2v) is 7.21. The van der Waals surface area contributed by atoms with Gasteiger partial charge in [0, 0.05) is 30.8 Å². The maximum Gasteiger partial charge on any atom is 0.251 e. The monoisotopic (exact) mass is 375 g/mol. The van der Waals surface area contributed by atoms with Gasteiger partial charge in [0.25, 0.3) is 5.91 Å². The van der Waals surface area contributed by atoms with Crippen LogP contribution in [-0.4, -0.2) is 33.3 Å². The second-order valence-electron chi connectivity index (χ2n) is 5.45. The Morgan fingerprint density at radius 1 is 0.962 bits per heavy atom. The highest BCUT2D eigenvalue weighted by Gasteiger charge is 2.12. The van der Waals surface area contributed by atoms with Crippen molar-refractivity contribution in [2.24, 2.45) is 0 Å². The van der Waals surface area contributed by atoms with Gasteiger partial charge >= 0.3 is 0 Å². The summed E-state index contributed by atoms with van der Waals surface area (Å²) in [4.78, 5) is 23.9. The molecule has 8 heteroatoms. The van der Waals surface area contributed by atoms with Crippen LogP contribution in [0.15, 0.2) is 59.5 Å². The third-order valence-corrected chi connectivity index (χ3v) is 5.02. The van der Waals surface area contributed by atoms with Crippen LogP contribution in [0.4, 0.5) is 5.69 Å². The topological polar surface area (TPSA) is 104 Å². The Hall–Kier alpha value is -2.71. The summed E-state index contributed by atoms with van der Waals surface area (Å²) in [6.07, 6.45) is 0.107. The van der Waals surface area contributed by atoms with Gasteiger partial charge in [-0.1, -0.05) is 25.1 Å². The predicted octanol–water partition coefficient (Wildman–Crippen LogP) is 1.74. The van der Waals surface area contributed by atoms with Crippen molar-refractivity contribution >= 4 is 27.5 Å². The van der Waals surface area contributed by atoms with Crippen LogP contribution in [0.2, 0.25) is 0 Å². The van der Waals surface area contributed by atoms with E-state index in [9.17, 15) is 18.0 Å². The minimum absolute atomic E-state index is 0.107. The molecule has 26 heavy (non-hydrogen) atoms. The van der Waals surface area contributed by atoms with Crippen LogP contribution < -0.4 is 15.4 Å². The zero-order valence-corrected chi connectivity index (χ0v) is 15.2. The molecular formula is C18H21N3O4S. The summed E-state index contributed by atoms with van der Waals surface area (Å²) in [7, 11) is -3.52. The van der Waals surface area contributed by atoms with Crippen LogP contribution in [0, 0.1) is 0 Å². The fraction of sp³-hybridized carbons (Fsp3) is 0.222. The van der Waals surface area contributed by atoms with E-state index in [2.05, 4.69) is 15.4 Å². The Morgan fingerprint density at radius 3 is 2.23 bits per heavy atom. The summed E-state index contributed by atoms with van der Waals surface area (Å²) < 4.78 is 26.1. The van der Waals surface area contributed by atoms with Gasteiger partial charge in [-0.3, -0.25) is 9.59 Å². The molecule has 0 saturated carbocycles. The zero-order valence-electron chi connectivity index (χ0n) is 14.4. The first kappa shape index (κ1) is 19.6. The Morgan fingerprint density at radius 2 is 1.62 bits per heavy atom. The molecule has 7 nitrogen and oxygen atoms in total.